The van der Waals surface area contributed by atoms with Gasteiger partial charge in [-0.1, -0.05) is 82.1 Å². The number of halogens is 2. The van der Waals surface area contributed by atoms with E-state index in [-0.39, 0.29) is 46.5 Å². The molecule has 4 heteroatoms. The number of aryl methyl sites for hydroxylation is 3. The Morgan fingerprint density at radius 2 is 1.33 bits per heavy atom. The van der Waals surface area contributed by atoms with Gasteiger partial charge in [-0.25, -0.2) is 0 Å². The van der Waals surface area contributed by atoms with Crippen LogP contribution in [0.25, 0.3) is 22.1 Å². The van der Waals surface area contributed by atoms with Crippen LogP contribution in [0, 0.1) is 33.6 Å². The van der Waals surface area contributed by atoms with Crippen LogP contribution in [0.15, 0.2) is 65.3 Å². The summed E-state index contributed by atoms with van der Waals surface area (Å²) in [5, 5.41) is 2.53. The Morgan fingerprint density at radius 1 is 0.788 bits per heavy atom. The van der Waals surface area contributed by atoms with Crippen LogP contribution >= 0.6 is 24.8 Å². The minimum atomic E-state index is 0. The predicted octanol–water partition coefficient (Wildman–Crippen LogP) is 9.92. The van der Waals surface area contributed by atoms with Gasteiger partial charge in [-0.2, -0.15) is 12.5 Å². The zero-order chi connectivity index (χ0) is 22.2. The van der Waals surface area contributed by atoms with Crippen molar-refractivity contribution in [2.45, 2.75) is 48.5 Å². The van der Waals surface area contributed by atoms with Crippen LogP contribution in [-0.2, 0) is 21.7 Å². The van der Waals surface area contributed by atoms with Crippen LogP contribution in [0.2, 0.25) is 0 Å². The van der Waals surface area contributed by atoms with Crippen LogP contribution in [0.5, 0.6) is 0 Å². The van der Waals surface area contributed by atoms with Gasteiger partial charge in [0.1, 0.15) is 0 Å². The van der Waals surface area contributed by atoms with E-state index in [0.29, 0.717) is 11.6 Å². The van der Waals surface area contributed by atoms with Crippen LogP contribution < -0.4 is 0 Å². The number of allylic oxidation sites excluding steroid dienone is 4. The summed E-state index contributed by atoms with van der Waals surface area (Å²) in [6.45, 7) is 19.4. The van der Waals surface area contributed by atoms with Crippen molar-refractivity contribution >= 4 is 46.8 Å². The van der Waals surface area contributed by atoms with Crippen molar-refractivity contribution in [3.05, 3.63) is 106 Å². The number of hydrogen-bond acceptors (Lipinski definition) is 0. The molecule has 1 N–H and O–H groups in total. The summed E-state index contributed by atoms with van der Waals surface area (Å²) < 4.78 is 0. The number of hydrogen-bond donors (Lipinski definition) is 0. The third-order valence-corrected chi connectivity index (χ3v) is 6.65. The normalized spacial score (nSPS) is 14.7. The van der Waals surface area contributed by atoms with E-state index in [1.165, 1.54) is 44.2 Å². The molecule has 0 fully saturated rings. The molecule has 1 unspecified atom stereocenters. The maximum absolute atomic E-state index is 7.54. The van der Waals surface area contributed by atoms with Crippen molar-refractivity contribution in [2.24, 2.45) is 5.92 Å². The van der Waals surface area contributed by atoms with Gasteiger partial charge >= 0.3 is 21.7 Å². The molecular formula is C29H35Cl2NTi. The second-order valence-electron chi connectivity index (χ2n) is 8.65. The molecule has 3 aromatic rings. The fraction of sp³-hybridized carbons (Fsp3) is 0.276. The molecule has 0 amide bonds. The summed E-state index contributed by atoms with van der Waals surface area (Å²) in [7, 11) is 0. The summed E-state index contributed by atoms with van der Waals surface area (Å²) in [5.74, 6) is 0.497. The monoisotopic (exact) mass is 515 g/mol. The van der Waals surface area contributed by atoms with Gasteiger partial charge in [0.15, 0.2) is 0 Å². The predicted molar refractivity (Wildman–Crippen MR) is 148 cm³/mol. The van der Waals surface area contributed by atoms with Crippen LogP contribution in [0.3, 0.4) is 0 Å². The van der Waals surface area contributed by atoms with Crippen molar-refractivity contribution in [1.29, 1.82) is 0 Å². The zero-order valence-electron chi connectivity index (χ0n) is 20.7. The first-order valence-electron chi connectivity index (χ1n) is 10.7. The van der Waals surface area contributed by atoms with E-state index in [1.54, 1.807) is 0 Å². The fourth-order valence-electron chi connectivity index (χ4n) is 4.57. The van der Waals surface area contributed by atoms with E-state index in [2.05, 4.69) is 77.9 Å². The van der Waals surface area contributed by atoms with Gasteiger partial charge < -0.3 is 5.73 Å². The minimum absolute atomic E-state index is 0. The average Bonchev–Trinajstić information content (AvgIpc) is 2.90. The van der Waals surface area contributed by atoms with Crippen LogP contribution in [-0.4, -0.2) is 0 Å². The standard InChI is InChI=1S/C20H21.C9H12N.2ClH.Ti/c1-12-13(2)15(4)20(14(12)3)19-11-10-17-8-6-7-9-18(17)16(19)5;1-6-4-7(2)9(10)8(3)5-6;;;/h6-11,14H,5H2,1-4H3;4-5,10H,1-3H3;2*1H;/q2*-1;;;+2. The molecule has 1 aliphatic rings. The minimum Gasteiger partial charge on any atom is -0.698 e. The fourth-order valence-corrected chi connectivity index (χ4v) is 4.57. The van der Waals surface area contributed by atoms with Crippen molar-refractivity contribution in [2.75, 3.05) is 0 Å². The molecular weight excluding hydrogens is 481 g/mol. The Kier molecular flexibility index (Phi) is 12.1. The molecule has 0 aliphatic heterocycles. The Balaban J connectivity index is 0.000000681. The van der Waals surface area contributed by atoms with Crippen LogP contribution in [0.1, 0.15) is 55.5 Å². The topological polar surface area (TPSA) is 23.8 Å². The molecule has 0 saturated heterocycles. The van der Waals surface area contributed by atoms with E-state index in [9.17, 15) is 0 Å². The largest absolute Gasteiger partial charge is 2.00 e. The molecule has 0 aromatic heterocycles. The summed E-state index contributed by atoms with van der Waals surface area (Å²) in [4.78, 5) is 0. The number of rotatable bonds is 1. The Labute approximate surface area is 227 Å². The summed E-state index contributed by atoms with van der Waals surface area (Å²) in [6, 6.07) is 17.0. The van der Waals surface area contributed by atoms with Gasteiger partial charge in [0, 0.05) is 0 Å². The van der Waals surface area contributed by atoms with Crippen molar-refractivity contribution in [1.82, 2.24) is 0 Å². The summed E-state index contributed by atoms with van der Waals surface area (Å²) in [6.07, 6.45) is 0. The van der Waals surface area contributed by atoms with E-state index in [1.807, 2.05) is 26.0 Å². The Hall–Kier alpha value is -1.64. The molecule has 3 aromatic carbocycles. The third kappa shape index (κ3) is 6.28. The molecule has 0 bridgehead atoms. The molecule has 0 radical (unpaired) electrons. The van der Waals surface area contributed by atoms with E-state index >= 15 is 0 Å². The van der Waals surface area contributed by atoms with Gasteiger partial charge in [0.2, 0.25) is 0 Å². The zero-order valence-corrected chi connectivity index (χ0v) is 23.9. The van der Waals surface area contributed by atoms with Gasteiger partial charge in [0.25, 0.3) is 0 Å². The van der Waals surface area contributed by atoms with Crippen molar-refractivity contribution < 1.29 is 21.7 Å². The molecule has 174 valence electrons. The maximum atomic E-state index is 7.54. The van der Waals surface area contributed by atoms with Gasteiger partial charge in [-0.15, -0.1) is 53.6 Å². The molecule has 0 spiro atoms. The number of fused-ring (bicyclic) bond motifs is 1. The molecule has 0 heterocycles. The molecule has 4 rings (SSSR count). The molecule has 33 heavy (non-hydrogen) atoms. The first-order valence-corrected chi connectivity index (χ1v) is 10.7. The first kappa shape index (κ1) is 31.4. The molecule has 0 saturated carbocycles. The molecule has 1 aliphatic carbocycles. The van der Waals surface area contributed by atoms with Gasteiger partial charge in [0.05, 0.1) is 0 Å². The van der Waals surface area contributed by atoms with E-state index < -0.39 is 0 Å². The first-order chi connectivity index (χ1) is 14.1. The number of nitrogens with one attached hydrogen (secondary N) is 1. The summed E-state index contributed by atoms with van der Waals surface area (Å²) >= 11 is 0. The molecule has 1 atom stereocenters. The van der Waals surface area contributed by atoms with Gasteiger partial charge in [-0.05, 0) is 53.0 Å². The van der Waals surface area contributed by atoms with Crippen LogP contribution in [0.4, 0.5) is 5.69 Å². The SMILES string of the molecule is Cc1cc(C)c([NH-])c(C)c1.Cl.Cl.[CH2-]c1c(C2=C(C)C(C)=C(C)C2C)ccc2ccccc12.[Ti+2]. The molecule has 1 nitrogen and oxygen atoms in total. The van der Waals surface area contributed by atoms with E-state index in [0.717, 1.165) is 16.7 Å². The van der Waals surface area contributed by atoms with E-state index in [4.69, 9.17) is 5.73 Å². The Bertz CT molecular complexity index is 1170. The second kappa shape index (κ2) is 12.7. The van der Waals surface area contributed by atoms with Crippen molar-refractivity contribution in [3.63, 3.8) is 0 Å². The smallest absolute Gasteiger partial charge is 0.698 e. The average molecular weight is 516 g/mol. The van der Waals surface area contributed by atoms with Gasteiger partial charge in [-0.3, -0.25) is 0 Å². The van der Waals surface area contributed by atoms with Crippen molar-refractivity contribution in [3.8, 4) is 0 Å². The summed E-state index contributed by atoms with van der Waals surface area (Å²) in [5.41, 5.74) is 19.9. The number of benzene rings is 3. The third-order valence-electron chi connectivity index (χ3n) is 6.65. The quantitative estimate of drug-likeness (QED) is 0.227. The maximum Gasteiger partial charge on any atom is 2.00 e. The second-order valence-corrected chi connectivity index (χ2v) is 8.65. The Morgan fingerprint density at radius 3 is 1.85 bits per heavy atom.